The fourth-order valence-corrected chi connectivity index (χ4v) is 4.25. The molecule has 0 saturated carbocycles. The van der Waals surface area contributed by atoms with Gasteiger partial charge in [-0.1, -0.05) is 23.7 Å². The average molecular weight is 364 g/mol. The van der Waals surface area contributed by atoms with Crippen molar-refractivity contribution < 1.29 is 4.79 Å². The molecule has 4 nitrogen and oxygen atoms in total. The van der Waals surface area contributed by atoms with Crippen molar-refractivity contribution in [1.29, 1.82) is 0 Å². The molecule has 1 saturated heterocycles. The van der Waals surface area contributed by atoms with E-state index in [-0.39, 0.29) is 11.9 Å². The summed E-state index contributed by atoms with van der Waals surface area (Å²) in [7, 11) is 0. The highest BCUT2D eigenvalue weighted by atomic mass is 35.5. The normalized spacial score (nSPS) is 17.1. The maximum absolute atomic E-state index is 12.8. The van der Waals surface area contributed by atoms with Crippen LogP contribution in [0.5, 0.6) is 0 Å². The van der Waals surface area contributed by atoms with Crippen LogP contribution >= 0.6 is 22.9 Å². The zero-order chi connectivity index (χ0) is 17.3. The van der Waals surface area contributed by atoms with Gasteiger partial charge in [-0.15, -0.1) is 11.3 Å². The molecule has 1 fully saturated rings. The number of halogens is 1. The van der Waals surface area contributed by atoms with Crippen LogP contribution in [0.2, 0.25) is 5.02 Å². The molecule has 0 radical (unpaired) electrons. The SMILES string of the molecule is Cc1nc(-c2ccc(Cl)cc2)sc1C(=O)N1CCC(C(C)N)CC1. The number of hydrogen-bond donors (Lipinski definition) is 1. The van der Waals surface area contributed by atoms with Crippen LogP contribution in [0.15, 0.2) is 24.3 Å². The van der Waals surface area contributed by atoms with E-state index in [0.29, 0.717) is 10.9 Å². The number of nitrogens with zero attached hydrogens (tertiary/aromatic N) is 2. The minimum Gasteiger partial charge on any atom is -0.338 e. The van der Waals surface area contributed by atoms with Crippen LogP contribution in [-0.2, 0) is 0 Å². The molecule has 1 aromatic carbocycles. The van der Waals surface area contributed by atoms with Crippen molar-refractivity contribution in [1.82, 2.24) is 9.88 Å². The summed E-state index contributed by atoms with van der Waals surface area (Å²) in [5.41, 5.74) is 7.77. The van der Waals surface area contributed by atoms with Crippen LogP contribution in [0, 0.1) is 12.8 Å². The molecule has 6 heteroatoms. The van der Waals surface area contributed by atoms with Gasteiger partial charge in [-0.2, -0.15) is 0 Å². The average Bonchev–Trinajstić information content (AvgIpc) is 2.96. The van der Waals surface area contributed by atoms with Crippen molar-refractivity contribution in [2.75, 3.05) is 13.1 Å². The molecule has 0 bridgehead atoms. The fourth-order valence-electron chi connectivity index (χ4n) is 3.08. The van der Waals surface area contributed by atoms with Gasteiger partial charge >= 0.3 is 0 Å². The number of piperidine rings is 1. The van der Waals surface area contributed by atoms with Crippen LogP contribution in [0.25, 0.3) is 10.6 Å². The zero-order valence-corrected chi connectivity index (χ0v) is 15.5. The van der Waals surface area contributed by atoms with Crippen molar-refractivity contribution in [3.05, 3.63) is 39.9 Å². The van der Waals surface area contributed by atoms with Gasteiger partial charge in [0.1, 0.15) is 9.88 Å². The van der Waals surface area contributed by atoms with E-state index < -0.39 is 0 Å². The largest absolute Gasteiger partial charge is 0.338 e. The molecule has 128 valence electrons. The van der Waals surface area contributed by atoms with Crippen LogP contribution < -0.4 is 5.73 Å². The van der Waals surface area contributed by atoms with Crippen molar-refractivity contribution in [2.24, 2.45) is 11.7 Å². The van der Waals surface area contributed by atoms with Crippen LogP contribution in [0.4, 0.5) is 0 Å². The number of benzene rings is 1. The standard InChI is InChI=1S/C18H22ClN3OS/c1-11(20)13-7-9-22(10-8-13)18(23)16-12(2)21-17(24-16)14-3-5-15(19)6-4-14/h3-6,11,13H,7-10,20H2,1-2H3. The summed E-state index contributed by atoms with van der Waals surface area (Å²) in [5, 5.41) is 1.55. The molecule has 1 aromatic heterocycles. The third kappa shape index (κ3) is 3.63. The predicted molar refractivity (Wildman–Crippen MR) is 99.6 cm³/mol. The summed E-state index contributed by atoms with van der Waals surface area (Å²) in [4.78, 5) is 20.1. The number of amides is 1. The Balaban J connectivity index is 1.75. The molecule has 1 aliphatic heterocycles. The van der Waals surface area contributed by atoms with Gasteiger partial charge in [0.05, 0.1) is 5.69 Å². The highest BCUT2D eigenvalue weighted by Crippen LogP contribution is 2.30. The Hall–Kier alpha value is -1.43. The number of rotatable bonds is 3. The molecule has 1 aliphatic rings. The predicted octanol–water partition coefficient (Wildman–Crippen LogP) is 3.97. The van der Waals surface area contributed by atoms with Crippen molar-refractivity contribution >= 4 is 28.8 Å². The van der Waals surface area contributed by atoms with E-state index in [1.807, 2.05) is 43.0 Å². The van der Waals surface area contributed by atoms with Gasteiger partial charge in [-0.25, -0.2) is 4.98 Å². The Morgan fingerprint density at radius 3 is 2.54 bits per heavy atom. The molecule has 1 atom stereocenters. The number of aryl methyl sites for hydroxylation is 1. The molecule has 1 amide bonds. The van der Waals surface area contributed by atoms with Crippen LogP contribution in [0.1, 0.15) is 35.1 Å². The number of nitrogens with two attached hydrogens (primary N) is 1. The molecule has 0 aliphatic carbocycles. The number of aromatic nitrogens is 1. The lowest BCUT2D eigenvalue weighted by molar-refractivity contribution is 0.0685. The van der Waals surface area contributed by atoms with E-state index >= 15 is 0 Å². The van der Waals surface area contributed by atoms with E-state index in [1.165, 1.54) is 11.3 Å². The minimum absolute atomic E-state index is 0.0911. The topological polar surface area (TPSA) is 59.2 Å². The second kappa shape index (κ2) is 7.21. The van der Waals surface area contributed by atoms with Crippen molar-refractivity contribution in [3.8, 4) is 10.6 Å². The molecule has 1 unspecified atom stereocenters. The molecule has 3 rings (SSSR count). The van der Waals surface area contributed by atoms with Gasteiger partial charge in [-0.05, 0) is 44.7 Å². The molecule has 2 heterocycles. The molecule has 0 spiro atoms. The lowest BCUT2D eigenvalue weighted by Gasteiger charge is -2.33. The van der Waals surface area contributed by atoms with Gasteiger partial charge in [0, 0.05) is 29.7 Å². The van der Waals surface area contributed by atoms with E-state index in [2.05, 4.69) is 4.98 Å². The first-order valence-electron chi connectivity index (χ1n) is 8.24. The summed E-state index contributed by atoms with van der Waals surface area (Å²) >= 11 is 7.39. The van der Waals surface area contributed by atoms with Crippen LogP contribution in [0.3, 0.4) is 0 Å². The molecule has 2 N–H and O–H groups in total. The number of carbonyl (C=O) groups is 1. The second-order valence-electron chi connectivity index (χ2n) is 6.43. The number of carbonyl (C=O) groups excluding carboxylic acids is 1. The van der Waals surface area contributed by atoms with Crippen LogP contribution in [-0.4, -0.2) is 34.9 Å². The summed E-state index contributed by atoms with van der Waals surface area (Å²) in [6.45, 7) is 5.50. The highest BCUT2D eigenvalue weighted by Gasteiger charge is 2.27. The fraction of sp³-hybridized carbons (Fsp3) is 0.444. The summed E-state index contributed by atoms with van der Waals surface area (Å²) < 4.78 is 0. The Labute approximate surface area is 151 Å². The van der Waals surface area contributed by atoms with E-state index in [4.69, 9.17) is 17.3 Å². The number of thiazole rings is 1. The van der Waals surface area contributed by atoms with Gasteiger partial charge in [0.15, 0.2) is 0 Å². The maximum atomic E-state index is 12.8. The first-order chi connectivity index (χ1) is 11.5. The van der Waals surface area contributed by atoms with Gasteiger partial charge in [-0.3, -0.25) is 4.79 Å². The van der Waals surface area contributed by atoms with E-state index in [1.54, 1.807) is 0 Å². The van der Waals surface area contributed by atoms with Crippen molar-refractivity contribution in [2.45, 2.75) is 32.7 Å². The monoisotopic (exact) mass is 363 g/mol. The summed E-state index contributed by atoms with van der Waals surface area (Å²) in [5.74, 6) is 0.606. The third-order valence-electron chi connectivity index (χ3n) is 4.65. The van der Waals surface area contributed by atoms with Gasteiger partial charge < -0.3 is 10.6 Å². The lowest BCUT2D eigenvalue weighted by Crippen LogP contribution is -2.42. The molecular weight excluding hydrogens is 342 g/mol. The zero-order valence-electron chi connectivity index (χ0n) is 14.0. The van der Waals surface area contributed by atoms with E-state index in [0.717, 1.165) is 47.1 Å². The highest BCUT2D eigenvalue weighted by molar-refractivity contribution is 7.17. The first kappa shape index (κ1) is 17.4. The summed E-state index contributed by atoms with van der Waals surface area (Å²) in [6, 6.07) is 7.75. The third-order valence-corrected chi connectivity index (χ3v) is 6.10. The van der Waals surface area contributed by atoms with Gasteiger partial charge in [0.25, 0.3) is 5.91 Å². The van der Waals surface area contributed by atoms with Gasteiger partial charge in [0.2, 0.25) is 0 Å². The molecule has 24 heavy (non-hydrogen) atoms. The Morgan fingerprint density at radius 1 is 1.33 bits per heavy atom. The summed E-state index contributed by atoms with van der Waals surface area (Å²) in [6.07, 6.45) is 1.95. The minimum atomic E-state index is 0.0911. The Kier molecular flexibility index (Phi) is 5.23. The maximum Gasteiger partial charge on any atom is 0.265 e. The second-order valence-corrected chi connectivity index (χ2v) is 7.86. The molecule has 2 aromatic rings. The molecular formula is C18H22ClN3OS. The quantitative estimate of drug-likeness (QED) is 0.897. The number of hydrogen-bond acceptors (Lipinski definition) is 4. The first-order valence-corrected chi connectivity index (χ1v) is 9.43. The van der Waals surface area contributed by atoms with Crippen molar-refractivity contribution in [3.63, 3.8) is 0 Å². The number of likely N-dealkylation sites (tertiary alicyclic amines) is 1. The smallest absolute Gasteiger partial charge is 0.265 e. The Bertz CT molecular complexity index is 718. The Morgan fingerprint density at radius 2 is 1.96 bits per heavy atom. The lowest BCUT2D eigenvalue weighted by atomic mass is 9.91. The van der Waals surface area contributed by atoms with E-state index in [9.17, 15) is 4.79 Å².